The Morgan fingerprint density at radius 1 is 0.923 bits per heavy atom. The minimum Gasteiger partial charge on any atom is -0.260 e. The van der Waals surface area contributed by atoms with Gasteiger partial charge in [0.15, 0.2) is 0 Å². The summed E-state index contributed by atoms with van der Waals surface area (Å²) in [5.41, 5.74) is 0. The van der Waals surface area contributed by atoms with Gasteiger partial charge in [0, 0.05) is 0 Å². The highest BCUT2D eigenvalue weighted by molar-refractivity contribution is 7.51. The molecule has 0 aromatic rings. The van der Waals surface area contributed by atoms with Crippen LogP contribution in [0, 0.1) is 0 Å². The Hall–Kier alpha value is -1.59. The number of carbonyl (C=O) groups excluding carboxylic acids is 2. The molecule has 13 heavy (non-hydrogen) atoms. The van der Waals surface area contributed by atoms with Crippen LogP contribution >= 0.6 is 0 Å². The third-order valence-electron chi connectivity index (χ3n) is 0.327. The van der Waals surface area contributed by atoms with E-state index >= 15 is 0 Å². The molecular weight excluding hydrogens is 216 g/mol. The molecule has 78 valence electrons. The van der Waals surface area contributed by atoms with Gasteiger partial charge in [-0.2, -0.15) is 29.9 Å². The largest absolute Gasteiger partial charge is 0.582 e. The standard InChI is InChI=1S/C2H2O8.H2O2S/c3-1(7-5)9-10-2(4)8-6;1-3-2/h5-6H;3H2. The highest BCUT2D eigenvalue weighted by Gasteiger charge is 2.10. The maximum Gasteiger partial charge on any atom is 0.582 e. The SMILES string of the molecule is O=C(OO)OOC(=O)OO.O=[SH2]=O. The third kappa shape index (κ3) is 13.4. The van der Waals surface area contributed by atoms with Crippen molar-refractivity contribution in [2.45, 2.75) is 0 Å². The number of rotatable bonds is 0. The van der Waals surface area contributed by atoms with E-state index in [1.54, 1.807) is 0 Å². The lowest BCUT2D eigenvalue weighted by molar-refractivity contribution is -0.302. The monoisotopic (exact) mass is 220 g/mol. The fraction of sp³-hybridized carbons (Fsp3) is 0. The van der Waals surface area contributed by atoms with Gasteiger partial charge in [-0.1, -0.05) is 0 Å². The minimum atomic E-state index is -1.68. The summed E-state index contributed by atoms with van der Waals surface area (Å²) in [4.78, 5) is 31.8. The first-order valence-corrected chi connectivity index (χ1v) is 2.98. The number of hydrogen-bond donors (Lipinski definition) is 2. The lowest BCUT2D eigenvalue weighted by atomic mass is 11.4. The van der Waals surface area contributed by atoms with E-state index in [0.29, 0.717) is 0 Å². The van der Waals surface area contributed by atoms with Crippen LogP contribution in [-0.4, -0.2) is 31.2 Å². The van der Waals surface area contributed by atoms with Crippen molar-refractivity contribution in [3.63, 3.8) is 0 Å². The van der Waals surface area contributed by atoms with Crippen LogP contribution in [0.4, 0.5) is 9.59 Å². The Morgan fingerprint density at radius 2 is 1.15 bits per heavy atom. The summed E-state index contributed by atoms with van der Waals surface area (Å²) >= 11 is -1.42. The van der Waals surface area contributed by atoms with Crippen LogP contribution in [0.2, 0.25) is 0 Å². The molecule has 0 unspecified atom stereocenters. The molecule has 0 aliphatic carbocycles. The molecule has 0 atom stereocenters. The minimum absolute atomic E-state index is 1.42. The molecule has 0 radical (unpaired) electrons. The highest BCUT2D eigenvalue weighted by Crippen LogP contribution is 1.86. The molecule has 0 fully saturated rings. The van der Waals surface area contributed by atoms with Crippen LogP contribution in [0.15, 0.2) is 0 Å². The molecule has 0 saturated heterocycles. The second kappa shape index (κ2) is 10.4. The molecule has 0 spiro atoms. The number of hydrogen-bond acceptors (Lipinski definition) is 10. The fourth-order valence-corrected chi connectivity index (χ4v) is 0.0985. The second-order valence-electron chi connectivity index (χ2n) is 0.933. The molecule has 0 amide bonds. The van der Waals surface area contributed by atoms with E-state index in [-0.39, 0.29) is 0 Å². The van der Waals surface area contributed by atoms with Gasteiger partial charge in [0.2, 0.25) is 0 Å². The zero-order valence-corrected chi connectivity index (χ0v) is 6.66. The quantitative estimate of drug-likeness (QED) is 0.382. The van der Waals surface area contributed by atoms with Crippen molar-refractivity contribution in [2.24, 2.45) is 0 Å². The van der Waals surface area contributed by atoms with Gasteiger partial charge in [-0.25, -0.2) is 8.42 Å². The average Bonchev–Trinajstić information content (AvgIpc) is 2.14. The molecule has 0 saturated carbocycles. The summed E-state index contributed by atoms with van der Waals surface area (Å²) < 4.78 is 16.8. The van der Waals surface area contributed by atoms with E-state index in [2.05, 4.69) is 19.6 Å². The van der Waals surface area contributed by atoms with Crippen molar-refractivity contribution in [2.75, 3.05) is 0 Å². The molecule has 0 aliphatic heterocycles. The van der Waals surface area contributed by atoms with Gasteiger partial charge < -0.3 is 0 Å². The molecule has 0 bridgehead atoms. The molecule has 0 heterocycles. The zero-order valence-electron chi connectivity index (χ0n) is 5.66. The maximum absolute atomic E-state index is 9.72. The molecule has 0 aliphatic rings. The highest BCUT2D eigenvalue weighted by atomic mass is 32.1. The molecule has 0 aromatic carbocycles. The van der Waals surface area contributed by atoms with Gasteiger partial charge in [0.25, 0.3) is 0 Å². The summed E-state index contributed by atoms with van der Waals surface area (Å²) in [6.07, 6.45) is -3.35. The van der Waals surface area contributed by atoms with E-state index in [0.717, 1.165) is 0 Å². The maximum atomic E-state index is 9.72. The van der Waals surface area contributed by atoms with Gasteiger partial charge in [0.1, 0.15) is 11.6 Å². The van der Waals surface area contributed by atoms with E-state index in [4.69, 9.17) is 18.9 Å². The topological polar surface area (TPSA) is 146 Å². The van der Waals surface area contributed by atoms with Crippen molar-refractivity contribution < 1.29 is 48.1 Å². The first kappa shape index (κ1) is 14.0. The Kier molecular flexibility index (Phi) is 11.2. The Morgan fingerprint density at radius 3 is 1.31 bits per heavy atom. The van der Waals surface area contributed by atoms with Crippen molar-refractivity contribution in [1.82, 2.24) is 0 Å². The first-order valence-electron chi connectivity index (χ1n) is 2.16. The summed E-state index contributed by atoms with van der Waals surface area (Å²) in [5.74, 6) is 0. The molecule has 0 aromatic heterocycles. The Balaban J connectivity index is 0. The Labute approximate surface area is 73.0 Å². The summed E-state index contributed by atoms with van der Waals surface area (Å²) in [5, 5.41) is 14.9. The van der Waals surface area contributed by atoms with Gasteiger partial charge in [-0.15, -0.1) is 0 Å². The van der Waals surface area contributed by atoms with E-state index in [1.165, 1.54) is 0 Å². The van der Waals surface area contributed by atoms with Crippen molar-refractivity contribution in [3.8, 4) is 0 Å². The number of carbonyl (C=O) groups is 2. The summed E-state index contributed by atoms with van der Waals surface area (Å²) in [6, 6.07) is 0. The van der Waals surface area contributed by atoms with Crippen LogP contribution in [0.3, 0.4) is 0 Å². The van der Waals surface area contributed by atoms with Crippen LogP contribution in [0.1, 0.15) is 0 Å². The van der Waals surface area contributed by atoms with Crippen molar-refractivity contribution >= 4 is 23.9 Å². The van der Waals surface area contributed by atoms with Crippen molar-refractivity contribution in [3.05, 3.63) is 0 Å². The summed E-state index contributed by atoms with van der Waals surface area (Å²) in [6.45, 7) is 0. The third-order valence-corrected chi connectivity index (χ3v) is 0.327. The fourth-order valence-electron chi connectivity index (χ4n) is 0.0985. The lowest BCUT2D eigenvalue weighted by Crippen LogP contribution is -2.11. The van der Waals surface area contributed by atoms with Gasteiger partial charge >= 0.3 is 12.3 Å². The molecule has 0 rings (SSSR count). The van der Waals surface area contributed by atoms with Crippen LogP contribution < -0.4 is 0 Å². The predicted octanol–water partition coefficient (Wildman–Crippen LogP) is -1.05. The van der Waals surface area contributed by atoms with E-state index in [9.17, 15) is 9.59 Å². The van der Waals surface area contributed by atoms with Gasteiger partial charge in [-0.05, 0) is 0 Å². The summed E-state index contributed by atoms with van der Waals surface area (Å²) in [7, 11) is 0. The zero-order chi connectivity index (χ0) is 10.7. The second-order valence-corrected chi connectivity index (χ2v) is 1.10. The van der Waals surface area contributed by atoms with E-state index in [1.807, 2.05) is 0 Å². The van der Waals surface area contributed by atoms with Gasteiger partial charge in [0.05, 0.1) is 0 Å². The molecule has 2 N–H and O–H groups in total. The Bertz CT molecular complexity index is 175. The van der Waals surface area contributed by atoms with Crippen LogP contribution in [-0.2, 0) is 31.1 Å². The smallest absolute Gasteiger partial charge is 0.260 e. The predicted molar refractivity (Wildman–Crippen MR) is 32.1 cm³/mol. The normalized spacial score (nSPS) is 7.23. The average molecular weight is 220 g/mol. The first-order chi connectivity index (χ1) is 6.12. The van der Waals surface area contributed by atoms with Crippen LogP contribution in [0.25, 0.3) is 0 Å². The van der Waals surface area contributed by atoms with E-state index < -0.39 is 23.9 Å². The van der Waals surface area contributed by atoms with Crippen molar-refractivity contribution in [1.29, 1.82) is 0 Å². The molecular formula is C2H4O10S. The lowest BCUT2D eigenvalue weighted by Gasteiger charge is -1.94. The van der Waals surface area contributed by atoms with Crippen LogP contribution in [0.5, 0.6) is 0 Å². The van der Waals surface area contributed by atoms with Gasteiger partial charge in [-0.3, -0.25) is 9.78 Å². The molecule has 10 nitrogen and oxygen atoms in total. The molecule has 11 heteroatoms.